The molecule has 1 aliphatic heterocycles. The first-order valence-electron chi connectivity index (χ1n) is 6.67. The van der Waals surface area contributed by atoms with Crippen molar-refractivity contribution in [1.29, 1.82) is 0 Å². The van der Waals surface area contributed by atoms with Gasteiger partial charge in [-0.05, 0) is 30.2 Å². The van der Waals surface area contributed by atoms with E-state index in [1.165, 1.54) is 10.9 Å². The quantitative estimate of drug-likeness (QED) is 0.798. The molecule has 0 aliphatic carbocycles. The van der Waals surface area contributed by atoms with Crippen LogP contribution in [-0.4, -0.2) is 29.0 Å². The molecule has 0 N–H and O–H groups in total. The van der Waals surface area contributed by atoms with Crippen molar-refractivity contribution >= 4 is 22.5 Å². The molecule has 0 spiro atoms. The molecule has 1 aromatic heterocycles. The zero-order valence-corrected chi connectivity index (χ0v) is 12.1. The number of aromatic nitrogens is 1. The predicted octanol–water partition coefficient (Wildman–Crippen LogP) is 2.56. The van der Waals surface area contributed by atoms with Gasteiger partial charge >= 0.3 is 0 Å². The highest BCUT2D eigenvalue weighted by Crippen LogP contribution is 2.36. The highest BCUT2D eigenvalue weighted by Gasteiger charge is 2.27. The second-order valence-electron chi connectivity index (χ2n) is 5.14. The molecule has 0 saturated heterocycles. The van der Waals surface area contributed by atoms with Crippen molar-refractivity contribution in [2.45, 2.75) is 13.3 Å². The van der Waals surface area contributed by atoms with Gasteiger partial charge in [-0.1, -0.05) is 6.58 Å². The lowest BCUT2D eigenvalue weighted by molar-refractivity contribution is -0.125. The maximum Gasteiger partial charge on any atom is 0.223 e. The van der Waals surface area contributed by atoms with Gasteiger partial charge in [-0.25, -0.2) is 0 Å². The average Bonchev–Trinajstić information content (AvgIpc) is 2.72. The maximum atomic E-state index is 11.7. The lowest BCUT2D eigenvalue weighted by atomic mass is 10.0. The van der Waals surface area contributed by atoms with E-state index in [4.69, 9.17) is 4.74 Å². The molecule has 3 rings (SSSR count). The summed E-state index contributed by atoms with van der Waals surface area (Å²) < 4.78 is 7.43. The highest BCUT2D eigenvalue weighted by molar-refractivity contribution is 5.94. The number of ether oxygens (including phenoxy) is 1. The van der Waals surface area contributed by atoms with Crippen molar-refractivity contribution in [3.8, 4) is 5.75 Å². The van der Waals surface area contributed by atoms with E-state index in [0.29, 0.717) is 6.54 Å². The number of amides is 1. The van der Waals surface area contributed by atoms with Gasteiger partial charge in [0, 0.05) is 31.4 Å². The number of methoxy groups -OCH3 is 1. The lowest BCUT2D eigenvalue weighted by Crippen LogP contribution is -2.33. The van der Waals surface area contributed by atoms with Gasteiger partial charge in [-0.3, -0.25) is 4.79 Å². The van der Waals surface area contributed by atoms with E-state index in [9.17, 15) is 4.79 Å². The molecule has 1 aliphatic rings. The molecular weight excluding hydrogens is 252 g/mol. The Morgan fingerprint density at radius 2 is 2.15 bits per heavy atom. The average molecular weight is 270 g/mol. The Bertz CT molecular complexity index is 728. The van der Waals surface area contributed by atoms with Gasteiger partial charge in [0.15, 0.2) is 0 Å². The number of aryl methyl sites for hydroxylation is 1. The van der Waals surface area contributed by atoms with Crippen LogP contribution < -0.4 is 4.74 Å². The molecule has 2 heterocycles. The molecule has 0 radical (unpaired) electrons. The van der Waals surface area contributed by atoms with Gasteiger partial charge in [-0.2, -0.15) is 0 Å². The maximum absolute atomic E-state index is 11.7. The Morgan fingerprint density at radius 3 is 2.80 bits per heavy atom. The molecule has 4 heteroatoms. The first kappa shape index (κ1) is 12.8. The zero-order valence-electron chi connectivity index (χ0n) is 12.1. The number of rotatable bonds is 1. The third kappa shape index (κ3) is 1.64. The van der Waals surface area contributed by atoms with Crippen LogP contribution in [0.2, 0.25) is 0 Å². The van der Waals surface area contributed by atoms with Gasteiger partial charge in [-0.15, -0.1) is 0 Å². The minimum atomic E-state index is 0.0449. The number of benzene rings is 1. The van der Waals surface area contributed by atoms with E-state index in [-0.39, 0.29) is 5.91 Å². The fourth-order valence-electron chi connectivity index (χ4n) is 3.08. The summed E-state index contributed by atoms with van der Waals surface area (Å²) in [6.45, 7) is 6.39. The molecule has 1 amide bonds. The van der Waals surface area contributed by atoms with Crippen molar-refractivity contribution in [3.05, 3.63) is 36.0 Å². The van der Waals surface area contributed by atoms with Gasteiger partial charge in [0.05, 0.1) is 18.5 Å². The number of fused-ring (bicyclic) bond motifs is 3. The largest absolute Gasteiger partial charge is 0.497 e. The zero-order chi connectivity index (χ0) is 14.4. The molecule has 1 aromatic carbocycles. The summed E-state index contributed by atoms with van der Waals surface area (Å²) in [6.07, 6.45) is 0.846. The molecule has 4 nitrogen and oxygen atoms in total. The van der Waals surface area contributed by atoms with Crippen molar-refractivity contribution < 1.29 is 9.53 Å². The van der Waals surface area contributed by atoms with E-state index in [0.717, 1.165) is 29.1 Å². The van der Waals surface area contributed by atoms with E-state index in [1.54, 1.807) is 18.9 Å². The van der Waals surface area contributed by atoms with Gasteiger partial charge in [0.1, 0.15) is 5.75 Å². The Labute approximate surface area is 118 Å². The molecule has 0 unspecified atom stereocenters. The molecular formula is C16H18N2O2. The van der Waals surface area contributed by atoms with Gasteiger partial charge in [0.25, 0.3) is 0 Å². The van der Waals surface area contributed by atoms with Crippen molar-refractivity contribution in [3.63, 3.8) is 0 Å². The number of carbonyl (C=O) groups is 1. The van der Waals surface area contributed by atoms with E-state index in [1.807, 2.05) is 13.1 Å². The third-order valence-electron chi connectivity index (χ3n) is 4.08. The van der Waals surface area contributed by atoms with Crippen LogP contribution in [0.3, 0.4) is 0 Å². The number of nitrogens with zero attached hydrogens (tertiary/aromatic N) is 2. The van der Waals surface area contributed by atoms with Crippen LogP contribution in [0.5, 0.6) is 5.75 Å². The molecule has 0 fully saturated rings. The van der Waals surface area contributed by atoms with Crippen LogP contribution in [0, 0.1) is 0 Å². The fraction of sp³-hybridized carbons (Fsp3) is 0.312. The van der Waals surface area contributed by atoms with E-state index >= 15 is 0 Å². The van der Waals surface area contributed by atoms with Crippen LogP contribution in [0.25, 0.3) is 16.6 Å². The summed E-state index contributed by atoms with van der Waals surface area (Å²) in [4.78, 5) is 13.4. The summed E-state index contributed by atoms with van der Waals surface area (Å²) in [7, 11) is 3.69. The fourth-order valence-corrected chi connectivity index (χ4v) is 3.08. The molecule has 0 bridgehead atoms. The Hall–Kier alpha value is -2.23. The minimum absolute atomic E-state index is 0.0449. The summed E-state index contributed by atoms with van der Waals surface area (Å²) in [6, 6.07) is 6.07. The SMILES string of the molecule is C=C1c2c(c3cc(OC)ccc3n2C)CCN1C(C)=O. The van der Waals surface area contributed by atoms with Crippen LogP contribution >= 0.6 is 0 Å². The first-order chi connectivity index (χ1) is 9.54. The van der Waals surface area contributed by atoms with Gasteiger partial charge < -0.3 is 14.2 Å². The Balaban J connectivity index is 2.25. The highest BCUT2D eigenvalue weighted by atomic mass is 16.5. The van der Waals surface area contributed by atoms with Crippen molar-refractivity contribution in [2.24, 2.45) is 7.05 Å². The first-order valence-corrected chi connectivity index (χ1v) is 6.67. The molecule has 0 atom stereocenters. The number of hydrogen-bond donors (Lipinski definition) is 0. The standard InChI is InChI=1S/C16H18N2O2/c1-10-16-13(7-8-18(10)11(2)19)14-9-12(20-4)5-6-15(14)17(16)3/h5-6,9H,1,7-8H2,2-4H3. The predicted molar refractivity (Wildman–Crippen MR) is 79.6 cm³/mol. The van der Waals surface area contributed by atoms with Crippen molar-refractivity contribution in [1.82, 2.24) is 9.47 Å². The molecule has 20 heavy (non-hydrogen) atoms. The van der Waals surface area contributed by atoms with Crippen LogP contribution in [-0.2, 0) is 18.3 Å². The van der Waals surface area contributed by atoms with Crippen molar-refractivity contribution in [2.75, 3.05) is 13.7 Å². The number of hydrogen-bond acceptors (Lipinski definition) is 2. The molecule has 2 aromatic rings. The lowest BCUT2D eigenvalue weighted by Gasteiger charge is -2.29. The Kier molecular flexibility index (Phi) is 2.82. The minimum Gasteiger partial charge on any atom is -0.497 e. The van der Waals surface area contributed by atoms with Gasteiger partial charge in [0.2, 0.25) is 5.91 Å². The second-order valence-corrected chi connectivity index (χ2v) is 5.14. The third-order valence-corrected chi connectivity index (χ3v) is 4.08. The van der Waals surface area contributed by atoms with Crippen LogP contribution in [0.15, 0.2) is 24.8 Å². The van der Waals surface area contributed by atoms with Crippen LogP contribution in [0.4, 0.5) is 0 Å². The molecule has 104 valence electrons. The normalized spacial score (nSPS) is 14.6. The summed E-state index contributed by atoms with van der Waals surface area (Å²) in [5.41, 5.74) is 4.23. The van der Waals surface area contributed by atoms with E-state index in [2.05, 4.69) is 23.3 Å². The summed E-state index contributed by atoms with van der Waals surface area (Å²) in [5, 5.41) is 1.19. The Morgan fingerprint density at radius 1 is 1.40 bits per heavy atom. The molecule has 0 saturated carbocycles. The smallest absolute Gasteiger partial charge is 0.223 e. The second kappa shape index (κ2) is 4.40. The topological polar surface area (TPSA) is 34.5 Å². The summed E-state index contributed by atoms with van der Waals surface area (Å²) >= 11 is 0. The summed E-state index contributed by atoms with van der Waals surface area (Å²) in [5.74, 6) is 0.897. The number of carbonyl (C=O) groups excluding carboxylic acids is 1. The monoisotopic (exact) mass is 270 g/mol. The van der Waals surface area contributed by atoms with Crippen LogP contribution in [0.1, 0.15) is 18.2 Å². The van der Waals surface area contributed by atoms with E-state index < -0.39 is 0 Å².